The van der Waals surface area contributed by atoms with E-state index in [1.807, 2.05) is 0 Å². The van der Waals surface area contributed by atoms with Crippen LogP contribution in [0, 0.1) is 17.0 Å². The van der Waals surface area contributed by atoms with E-state index >= 15 is 0 Å². The maximum Gasteiger partial charge on any atom is 0.321 e. The van der Waals surface area contributed by atoms with Crippen LogP contribution < -0.4 is 4.74 Å². The van der Waals surface area contributed by atoms with Crippen molar-refractivity contribution < 1.29 is 14.5 Å². The first-order valence-corrected chi connectivity index (χ1v) is 6.80. The second-order valence-electron chi connectivity index (χ2n) is 4.23. The zero-order valence-corrected chi connectivity index (χ0v) is 12.5. The van der Waals surface area contributed by atoms with Gasteiger partial charge in [-0.3, -0.25) is 19.6 Å². The van der Waals surface area contributed by atoms with Crippen LogP contribution in [0.4, 0.5) is 5.69 Å². The Morgan fingerprint density at radius 3 is 2.52 bits per heavy atom. The van der Waals surface area contributed by atoms with Crippen molar-refractivity contribution in [2.24, 2.45) is 7.05 Å². The number of nitrogens with zero attached hydrogens (tertiary/aromatic N) is 3. The Morgan fingerprint density at radius 2 is 2.00 bits per heavy atom. The fourth-order valence-electron chi connectivity index (χ4n) is 1.89. The molecule has 1 aromatic heterocycles. The van der Waals surface area contributed by atoms with Gasteiger partial charge < -0.3 is 4.74 Å². The van der Waals surface area contributed by atoms with Gasteiger partial charge in [-0.25, -0.2) is 0 Å². The topological polar surface area (TPSA) is 87.3 Å². The highest BCUT2D eigenvalue weighted by Gasteiger charge is 2.29. The predicted molar refractivity (Wildman–Crippen MR) is 77.8 cm³/mol. The van der Waals surface area contributed by atoms with Crippen molar-refractivity contribution >= 4 is 22.6 Å². The Hall–Kier alpha value is -2.35. The number of rotatable bonds is 4. The van der Waals surface area contributed by atoms with Gasteiger partial charge in [-0.2, -0.15) is 5.10 Å². The van der Waals surface area contributed by atoms with Gasteiger partial charge in [-0.15, -0.1) is 0 Å². The molecule has 0 radical (unpaired) electrons. The molecule has 0 aliphatic rings. The Labute approximate surface area is 125 Å². The summed E-state index contributed by atoms with van der Waals surface area (Å²) in [6.07, 6.45) is 0. The van der Waals surface area contributed by atoms with Crippen molar-refractivity contribution in [2.45, 2.75) is 11.8 Å². The van der Waals surface area contributed by atoms with Crippen LogP contribution in [0.3, 0.4) is 0 Å². The molecule has 110 valence electrons. The Bertz CT molecular complexity index is 694. The summed E-state index contributed by atoms with van der Waals surface area (Å²) in [5, 5.41) is 14.6. The SMILES string of the molecule is COc1ccc(SC(=O)c2c([N+](=O)[O-])c(C)nn2C)cc1. The van der Waals surface area contributed by atoms with E-state index in [0.29, 0.717) is 10.6 Å². The fourth-order valence-corrected chi connectivity index (χ4v) is 2.71. The molecule has 7 nitrogen and oxygen atoms in total. The van der Waals surface area contributed by atoms with Gasteiger partial charge in [0.1, 0.15) is 11.4 Å². The lowest BCUT2D eigenvalue weighted by molar-refractivity contribution is -0.385. The number of benzene rings is 1. The van der Waals surface area contributed by atoms with Crippen molar-refractivity contribution in [1.29, 1.82) is 0 Å². The van der Waals surface area contributed by atoms with Gasteiger partial charge in [0, 0.05) is 11.9 Å². The molecule has 1 heterocycles. The molecule has 0 atom stereocenters. The summed E-state index contributed by atoms with van der Waals surface area (Å²) in [6, 6.07) is 6.88. The molecule has 0 bridgehead atoms. The van der Waals surface area contributed by atoms with Crippen molar-refractivity contribution in [3.8, 4) is 5.75 Å². The Kier molecular flexibility index (Phi) is 4.27. The molecule has 2 aromatic rings. The lowest BCUT2D eigenvalue weighted by Gasteiger charge is -2.03. The van der Waals surface area contributed by atoms with Crippen LogP contribution in [-0.4, -0.2) is 26.9 Å². The van der Waals surface area contributed by atoms with Gasteiger partial charge in [0.15, 0.2) is 5.69 Å². The molecular weight excluding hydrogens is 294 g/mol. The number of aryl methyl sites for hydroxylation is 2. The number of hydrogen-bond acceptors (Lipinski definition) is 6. The largest absolute Gasteiger partial charge is 0.497 e. The molecule has 0 saturated carbocycles. The molecule has 0 N–H and O–H groups in total. The standard InChI is InChI=1S/C13H13N3O4S/c1-8-11(16(18)19)12(15(2)14-8)13(17)21-10-6-4-9(20-3)5-7-10/h4-7H,1-3H3. The first kappa shape index (κ1) is 15.0. The smallest absolute Gasteiger partial charge is 0.321 e. The quantitative estimate of drug-likeness (QED) is 0.490. The van der Waals surface area contributed by atoms with Crippen LogP contribution in [0.2, 0.25) is 0 Å². The number of carbonyl (C=O) groups is 1. The summed E-state index contributed by atoms with van der Waals surface area (Å²) in [7, 11) is 3.07. The van der Waals surface area contributed by atoms with Crippen molar-refractivity contribution in [2.75, 3.05) is 7.11 Å². The van der Waals surface area contributed by atoms with E-state index in [1.54, 1.807) is 31.4 Å². The first-order valence-electron chi connectivity index (χ1n) is 5.98. The summed E-state index contributed by atoms with van der Waals surface area (Å²) in [5.74, 6) is 0.675. The van der Waals surface area contributed by atoms with Crippen LogP contribution in [0.1, 0.15) is 16.2 Å². The number of nitro groups is 1. The van der Waals surface area contributed by atoms with Crippen molar-refractivity contribution in [1.82, 2.24) is 9.78 Å². The zero-order valence-electron chi connectivity index (χ0n) is 11.7. The van der Waals surface area contributed by atoms with Crippen LogP contribution in [0.5, 0.6) is 5.75 Å². The third kappa shape index (κ3) is 3.05. The van der Waals surface area contributed by atoms with E-state index in [4.69, 9.17) is 4.74 Å². The van der Waals surface area contributed by atoms with Crippen LogP contribution in [0.25, 0.3) is 0 Å². The fraction of sp³-hybridized carbons (Fsp3) is 0.231. The minimum absolute atomic E-state index is 0.0154. The molecule has 2 rings (SSSR count). The molecule has 1 aromatic carbocycles. The molecule has 21 heavy (non-hydrogen) atoms. The highest BCUT2D eigenvalue weighted by Crippen LogP contribution is 2.30. The number of thioether (sulfide) groups is 1. The van der Waals surface area contributed by atoms with E-state index in [2.05, 4.69) is 5.10 Å². The number of aromatic nitrogens is 2. The molecule has 0 amide bonds. The maximum absolute atomic E-state index is 12.3. The molecule has 0 saturated heterocycles. The third-order valence-electron chi connectivity index (χ3n) is 2.84. The summed E-state index contributed by atoms with van der Waals surface area (Å²) < 4.78 is 6.28. The van der Waals surface area contributed by atoms with E-state index in [1.165, 1.54) is 18.7 Å². The lowest BCUT2D eigenvalue weighted by atomic mass is 10.3. The average molecular weight is 307 g/mol. The normalized spacial score (nSPS) is 10.4. The van der Waals surface area contributed by atoms with Gasteiger partial charge in [0.05, 0.1) is 12.0 Å². The highest BCUT2D eigenvalue weighted by atomic mass is 32.2. The van der Waals surface area contributed by atoms with Crippen LogP contribution in [-0.2, 0) is 7.05 Å². The van der Waals surface area contributed by atoms with Gasteiger partial charge >= 0.3 is 5.69 Å². The van der Waals surface area contributed by atoms with Gasteiger partial charge in [0.2, 0.25) is 5.12 Å². The predicted octanol–water partition coefficient (Wildman–Crippen LogP) is 2.58. The third-order valence-corrected chi connectivity index (χ3v) is 3.72. The second kappa shape index (κ2) is 5.96. The Morgan fingerprint density at radius 1 is 1.38 bits per heavy atom. The second-order valence-corrected chi connectivity index (χ2v) is 5.27. The van der Waals surface area contributed by atoms with E-state index in [9.17, 15) is 14.9 Å². The van der Waals surface area contributed by atoms with Crippen LogP contribution >= 0.6 is 11.8 Å². The van der Waals surface area contributed by atoms with Crippen molar-refractivity contribution in [3.63, 3.8) is 0 Å². The van der Waals surface area contributed by atoms with E-state index in [0.717, 1.165) is 11.8 Å². The summed E-state index contributed by atoms with van der Waals surface area (Å²) in [4.78, 5) is 23.5. The molecular formula is C13H13N3O4S. The molecule has 8 heteroatoms. The van der Waals surface area contributed by atoms with Gasteiger partial charge in [-0.05, 0) is 43.0 Å². The molecule has 0 unspecified atom stereocenters. The number of methoxy groups -OCH3 is 1. The number of hydrogen-bond donors (Lipinski definition) is 0. The summed E-state index contributed by atoms with van der Waals surface area (Å²) in [5.41, 5.74) is -0.0389. The molecule has 0 aliphatic heterocycles. The van der Waals surface area contributed by atoms with E-state index < -0.39 is 10.0 Å². The monoisotopic (exact) mass is 307 g/mol. The maximum atomic E-state index is 12.3. The average Bonchev–Trinajstić information content (AvgIpc) is 2.74. The van der Waals surface area contributed by atoms with Gasteiger partial charge in [-0.1, -0.05) is 0 Å². The molecule has 0 aliphatic carbocycles. The van der Waals surface area contributed by atoms with Crippen LogP contribution in [0.15, 0.2) is 29.2 Å². The Balaban J connectivity index is 2.30. The van der Waals surface area contributed by atoms with Crippen molar-refractivity contribution in [3.05, 3.63) is 45.8 Å². The highest BCUT2D eigenvalue weighted by molar-refractivity contribution is 8.14. The summed E-state index contributed by atoms with van der Waals surface area (Å²) >= 11 is 0.915. The number of ether oxygens (including phenoxy) is 1. The van der Waals surface area contributed by atoms with Gasteiger partial charge in [0.25, 0.3) is 0 Å². The first-order chi connectivity index (χ1) is 9.93. The zero-order chi connectivity index (χ0) is 15.6. The van der Waals surface area contributed by atoms with E-state index in [-0.39, 0.29) is 17.1 Å². The molecule has 0 fully saturated rings. The number of carbonyl (C=O) groups excluding carboxylic acids is 1. The molecule has 0 spiro atoms. The minimum atomic E-state index is -0.579. The lowest BCUT2D eigenvalue weighted by Crippen LogP contribution is -2.06. The minimum Gasteiger partial charge on any atom is -0.497 e. The summed E-state index contributed by atoms with van der Waals surface area (Å²) in [6.45, 7) is 1.51.